The maximum absolute atomic E-state index is 13.1. The molecule has 0 spiro atoms. The molecule has 0 saturated carbocycles. The topological polar surface area (TPSA) is 130 Å². The number of rotatable bonds is 9. The molecule has 9 nitrogen and oxygen atoms in total. The fourth-order valence-electron chi connectivity index (χ4n) is 4.01. The van der Waals surface area contributed by atoms with Crippen LogP contribution in [0.5, 0.6) is 0 Å². The van der Waals surface area contributed by atoms with Gasteiger partial charge in [-0.3, -0.25) is 24.4 Å². The van der Waals surface area contributed by atoms with Crippen LogP contribution in [-0.2, 0) is 20.8 Å². The Bertz CT molecular complexity index is 1200. The number of nitrogens with zero attached hydrogens (tertiary/aromatic N) is 2. The minimum atomic E-state index is -0.924. The Morgan fingerprint density at radius 2 is 1.82 bits per heavy atom. The highest BCUT2D eigenvalue weighted by atomic mass is 16.2. The number of aromatic nitrogens is 2. The Labute approximate surface area is 196 Å². The number of nitrogens with one attached hydrogen (secondary N) is 3. The van der Waals surface area contributed by atoms with E-state index in [0.717, 1.165) is 5.56 Å². The van der Waals surface area contributed by atoms with Crippen molar-refractivity contribution in [3.05, 3.63) is 72.1 Å². The summed E-state index contributed by atoms with van der Waals surface area (Å²) in [5, 5.41) is 8.21. The summed E-state index contributed by atoms with van der Waals surface area (Å²) in [5.41, 5.74) is 2.41. The van der Waals surface area contributed by atoms with Crippen LogP contribution in [0, 0.1) is 5.92 Å². The van der Waals surface area contributed by atoms with Crippen molar-refractivity contribution >= 4 is 35.0 Å². The van der Waals surface area contributed by atoms with Crippen molar-refractivity contribution in [2.24, 2.45) is 5.92 Å². The first kappa shape index (κ1) is 23.0. The number of benzene rings is 2. The van der Waals surface area contributed by atoms with Gasteiger partial charge in [0.2, 0.25) is 11.8 Å². The van der Waals surface area contributed by atoms with Crippen LogP contribution in [0.15, 0.2) is 60.9 Å². The number of carbonyl (C=O) groups is 4. The van der Waals surface area contributed by atoms with E-state index < -0.39 is 23.9 Å². The first-order chi connectivity index (χ1) is 16.5. The molecule has 1 aliphatic rings. The molecule has 3 aromatic rings. The zero-order chi connectivity index (χ0) is 23.9. The van der Waals surface area contributed by atoms with E-state index in [1.54, 1.807) is 30.6 Å². The van der Waals surface area contributed by atoms with Gasteiger partial charge in [0.05, 0.1) is 17.1 Å². The van der Waals surface area contributed by atoms with Crippen LogP contribution in [0.1, 0.15) is 28.8 Å². The molecule has 1 aromatic heterocycles. The normalized spacial score (nSPS) is 16.9. The second kappa shape index (κ2) is 10.7. The molecule has 0 unspecified atom stereocenters. The molecule has 1 fully saturated rings. The van der Waals surface area contributed by atoms with Crippen molar-refractivity contribution < 1.29 is 19.2 Å². The van der Waals surface area contributed by atoms with Crippen LogP contribution in [0.2, 0.25) is 0 Å². The Kier molecular flexibility index (Phi) is 7.22. The van der Waals surface area contributed by atoms with E-state index >= 15 is 0 Å². The lowest BCUT2D eigenvalue weighted by Gasteiger charge is -2.22. The van der Waals surface area contributed by atoms with E-state index in [-0.39, 0.29) is 24.7 Å². The third-order valence-electron chi connectivity index (χ3n) is 5.83. The van der Waals surface area contributed by atoms with E-state index in [9.17, 15) is 19.2 Å². The minimum Gasteiger partial charge on any atom is -0.356 e. The molecule has 2 aromatic carbocycles. The summed E-state index contributed by atoms with van der Waals surface area (Å²) in [7, 11) is 0. The summed E-state index contributed by atoms with van der Waals surface area (Å²) < 4.78 is 0. The van der Waals surface area contributed by atoms with E-state index in [2.05, 4.69) is 25.9 Å². The smallest absolute Gasteiger partial charge is 0.252 e. The molecule has 1 saturated heterocycles. The van der Waals surface area contributed by atoms with Crippen LogP contribution < -0.4 is 16.0 Å². The first-order valence-corrected chi connectivity index (χ1v) is 11.1. The van der Waals surface area contributed by atoms with Crippen molar-refractivity contribution in [3.63, 3.8) is 0 Å². The maximum atomic E-state index is 13.1. The van der Waals surface area contributed by atoms with Gasteiger partial charge in [-0.15, -0.1) is 0 Å². The molecule has 3 amide bonds. The number of hydrogen-bond acceptors (Lipinski definition) is 6. The van der Waals surface area contributed by atoms with Gasteiger partial charge in [0.1, 0.15) is 12.3 Å². The monoisotopic (exact) mass is 459 g/mol. The second-order valence-corrected chi connectivity index (χ2v) is 8.24. The van der Waals surface area contributed by atoms with Gasteiger partial charge < -0.3 is 20.7 Å². The highest BCUT2D eigenvalue weighted by molar-refractivity contribution is 6.00. The Balaban J connectivity index is 1.50. The molecule has 4 rings (SSSR count). The average molecular weight is 460 g/mol. The third-order valence-corrected chi connectivity index (χ3v) is 5.83. The van der Waals surface area contributed by atoms with E-state index in [1.807, 2.05) is 30.3 Å². The molecule has 34 heavy (non-hydrogen) atoms. The summed E-state index contributed by atoms with van der Waals surface area (Å²) in [6.07, 6.45) is 4.82. The number of fused-ring (bicyclic) bond motifs is 1. The summed E-state index contributed by atoms with van der Waals surface area (Å²) >= 11 is 0. The minimum absolute atomic E-state index is 0.116. The van der Waals surface area contributed by atoms with Gasteiger partial charge >= 0.3 is 0 Å². The van der Waals surface area contributed by atoms with E-state index in [1.165, 1.54) is 0 Å². The Morgan fingerprint density at radius 1 is 1.06 bits per heavy atom. The molecule has 9 heteroatoms. The largest absolute Gasteiger partial charge is 0.356 e. The molecule has 3 atom stereocenters. The van der Waals surface area contributed by atoms with E-state index in [0.29, 0.717) is 35.8 Å². The summed E-state index contributed by atoms with van der Waals surface area (Å²) in [6.45, 7) is 0.561. The predicted molar refractivity (Wildman–Crippen MR) is 125 cm³/mol. The van der Waals surface area contributed by atoms with Gasteiger partial charge in [-0.2, -0.15) is 0 Å². The number of amides is 3. The fraction of sp³-hybridized carbons (Fsp3) is 0.280. The molecule has 3 N–H and O–H groups in total. The average Bonchev–Trinajstić information content (AvgIpc) is 3.27. The molecule has 174 valence electrons. The quantitative estimate of drug-likeness (QED) is 0.412. The third kappa shape index (κ3) is 5.61. The number of hydrogen-bond donors (Lipinski definition) is 3. The van der Waals surface area contributed by atoms with Crippen LogP contribution in [0.4, 0.5) is 0 Å². The first-order valence-electron chi connectivity index (χ1n) is 11.1. The van der Waals surface area contributed by atoms with Crippen molar-refractivity contribution in [2.75, 3.05) is 6.54 Å². The van der Waals surface area contributed by atoms with Crippen LogP contribution in [0.25, 0.3) is 11.0 Å². The molecular formula is C25H25N5O4. The van der Waals surface area contributed by atoms with Crippen LogP contribution in [0.3, 0.4) is 0 Å². The number of aldehydes is 1. The van der Waals surface area contributed by atoms with Crippen molar-refractivity contribution in [1.29, 1.82) is 0 Å². The molecular weight excluding hydrogens is 434 g/mol. The Morgan fingerprint density at radius 3 is 2.53 bits per heavy atom. The fourth-order valence-corrected chi connectivity index (χ4v) is 4.01. The summed E-state index contributed by atoms with van der Waals surface area (Å²) in [5.74, 6) is -1.37. The van der Waals surface area contributed by atoms with Crippen molar-refractivity contribution in [3.8, 4) is 0 Å². The van der Waals surface area contributed by atoms with Gasteiger partial charge in [0.25, 0.3) is 5.91 Å². The lowest BCUT2D eigenvalue weighted by molar-refractivity contribution is -0.127. The van der Waals surface area contributed by atoms with Crippen LogP contribution >= 0.6 is 0 Å². The number of carbonyl (C=O) groups excluding carboxylic acids is 4. The van der Waals surface area contributed by atoms with Gasteiger partial charge in [0.15, 0.2) is 0 Å². The van der Waals surface area contributed by atoms with Gasteiger partial charge in [-0.05, 0) is 36.6 Å². The van der Waals surface area contributed by atoms with Crippen molar-refractivity contribution in [1.82, 2.24) is 25.9 Å². The van der Waals surface area contributed by atoms with Crippen molar-refractivity contribution in [2.45, 2.75) is 31.3 Å². The second-order valence-electron chi connectivity index (χ2n) is 8.24. The molecule has 0 radical (unpaired) electrons. The molecule has 0 bridgehead atoms. The van der Waals surface area contributed by atoms with Gasteiger partial charge in [-0.1, -0.05) is 30.3 Å². The summed E-state index contributed by atoms with van der Waals surface area (Å²) in [6, 6.07) is 12.5. The molecule has 0 aliphatic carbocycles. The highest BCUT2D eigenvalue weighted by Gasteiger charge is 2.30. The predicted octanol–water partition coefficient (Wildman–Crippen LogP) is 1.18. The lowest BCUT2D eigenvalue weighted by atomic mass is 9.98. The Hall–Kier alpha value is -4.14. The van der Waals surface area contributed by atoms with Crippen LogP contribution in [-0.4, -0.2) is 52.6 Å². The van der Waals surface area contributed by atoms with Gasteiger partial charge in [0, 0.05) is 36.8 Å². The SMILES string of the molecule is O=C[C@H](C[C@@H]1CCNC1=O)NC(=O)[C@H](Cc1ccccc1)NC(=O)c1ccc2nccnc2c1. The zero-order valence-electron chi connectivity index (χ0n) is 18.4. The van der Waals surface area contributed by atoms with E-state index in [4.69, 9.17) is 0 Å². The molecule has 1 aliphatic heterocycles. The standard InChI is InChI=1S/C25H25N5O4/c31-15-19(13-18-8-9-28-23(18)32)29-25(34)22(12-16-4-2-1-3-5-16)30-24(33)17-6-7-20-21(14-17)27-11-10-26-20/h1-7,10-11,14-15,18-19,22H,8-9,12-13H2,(H,28,32)(H,29,34)(H,30,33)/t18-,19-,22-/m0/s1. The molecule has 2 heterocycles. The van der Waals surface area contributed by atoms with Gasteiger partial charge in [-0.25, -0.2) is 0 Å². The lowest BCUT2D eigenvalue weighted by Crippen LogP contribution is -2.51. The summed E-state index contributed by atoms with van der Waals surface area (Å²) in [4.78, 5) is 58.1. The maximum Gasteiger partial charge on any atom is 0.252 e. The zero-order valence-corrected chi connectivity index (χ0v) is 18.4. The highest BCUT2D eigenvalue weighted by Crippen LogP contribution is 2.16.